The first kappa shape index (κ1) is 21.3. The van der Waals surface area contributed by atoms with E-state index in [2.05, 4.69) is 19.1 Å². The normalized spacial score (nSPS) is 11.2. The number of hydrogen-bond donors (Lipinski definition) is 2. The molecule has 0 radical (unpaired) electrons. The molecule has 0 bridgehead atoms. The molecule has 140 valence electrons. The first-order chi connectivity index (χ1) is 12.2. The topological polar surface area (TPSA) is 57.5 Å². The van der Waals surface area contributed by atoms with Crippen molar-refractivity contribution < 1.29 is 15.0 Å². The molecule has 0 saturated carbocycles. The SMILES string of the molecule is CCCC/C=C/CCCCCCCCCc1cccc(O)c1C(=O)O. The zero-order valence-electron chi connectivity index (χ0n) is 15.7. The van der Waals surface area contributed by atoms with Crippen LogP contribution in [0, 0.1) is 0 Å². The zero-order chi connectivity index (χ0) is 18.3. The Kier molecular flexibility index (Phi) is 11.5. The summed E-state index contributed by atoms with van der Waals surface area (Å²) in [6.07, 6.45) is 18.8. The van der Waals surface area contributed by atoms with Gasteiger partial charge in [-0.2, -0.15) is 0 Å². The van der Waals surface area contributed by atoms with Crippen LogP contribution in [-0.4, -0.2) is 16.2 Å². The molecule has 0 aromatic heterocycles. The molecule has 0 aliphatic carbocycles. The molecular weight excluding hydrogens is 312 g/mol. The number of phenols is 1. The van der Waals surface area contributed by atoms with Crippen molar-refractivity contribution in [3.05, 3.63) is 41.5 Å². The molecule has 0 amide bonds. The molecule has 3 nitrogen and oxygen atoms in total. The van der Waals surface area contributed by atoms with Gasteiger partial charge < -0.3 is 10.2 Å². The summed E-state index contributed by atoms with van der Waals surface area (Å²) in [5, 5.41) is 18.9. The second kappa shape index (κ2) is 13.5. The van der Waals surface area contributed by atoms with Crippen LogP contribution in [0.2, 0.25) is 0 Å². The number of aromatic hydroxyl groups is 1. The van der Waals surface area contributed by atoms with Crippen LogP contribution < -0.4 is 0 Å². The number of allylic oxidation sites excluding steroid dienone is 2. The number of unbranched alkanes of at least 4 members (excludes halogenated alkanes) is 9. The van der Waals surface area contributed by atoms with E-state index in [4.69, 9.17) is 0 Å². The minimum Gasteiger partial charge on any atom is -0.507 e. The third-order valence-corrected chi connectivity index (χ3v) is 4.55. The van der Waals surface area contributed by atoms with Crippen molar-refractivity contribution in [2.75, 3.05) is 0 Å². The summed E-state index contributed by atoms with van der Waals surface area (Å²) in [4.78, 5) is 11.2. The third-order valence-electron chi connectivity index (χ3n) is 4.55. The lowest BCUT2D eigenvalue weighted by atomic mass is 9.99. The van der Waals surface area contributed by atoms with Crippen molar-refractivity contribution >= 4 is 5.97 Å². The Labute approximate surface area is 152 Å². The van der Waals surface area contributed by atoms with Crippen LogP contribution in [0.15, 0.2) is 30.4 Å². The summed E-state index contributed by atoms with van der Waals surface area (Å²) in [5.41, 5.74) is 0.803. The molecule has 0 aliphatic heterocycles. The number of aromatic carboxylic acids is 1. The van der Waals surface area contributed by atoms with E-state index in [0.29, 0.717) is 0 Å². The first-order valence-electron chi connectivity index (χ1n) is 9.86. The molecule has 0 spiro atoms. The van der Waals surface area contributed by atoms with E-state index in [1.807, 2.05) is 0 Å². The largest absolute Gasteiger partial charge is 0.507 e. The fourth-order valence-corrected chi connectivity index (χ4v) is 3.06. The number of carbonyl (C=O) groups is 1. The molecule has 0 heterocycles. The molecular formula is C22H34O3. The number of hydrogen-bond acceptors (Lipinski definition) is 2. The fourth-order valence-electron chi connectivity index (χ4n) is 3.06. The predicted octanol–water partition coefficient (Wildman–Crippen LogP) is 6.50. The van der Waals surface area contributed by atoms with E-state index in [-0.39, 0.29) is 11.3 Å². The van der Waals surface area contributed by atoms with E-state index >= 15 is 0 Å². The second-order valence-electron chi connectivity index (χ2n) is 6.74. The van der Waals surface area contributed by atoms with Gasteiger partial charge in [0.25, 0.3) is 0 Å². The molecule has 1 aromatic rings. The number of benzene rings is 1. The van der Waals surface area contributed by atoms with E-state index in [1.165, 1.54) is 63.9 Å². The van der Waals surface area contributed by atoms with Gasteiger partial charge in [0.2, 0.25) is 0 Å². The standard InChI is InChI=1S/C22H34O3/c1-2-3-4-5-6-7-8-9-10-11-12-13-14-16-19-17-15-18-20(23)21(19)22(24)25/h5-6,15,17-18,23H,2-4,7-14,16H2,1H3,(H,24,25)/b6-5+. The number of carboxylic acid groups (broad SMARTS) is 1. The summed E-state index contributed by atoms with van der Waals surface area (Å²) < 4.78 is 0. The smallest absolute Gasteiger partial charge is 0.339 e. The minimum absolute atomic E-state index is 0.0643. The van der Waals surface area contributed by atoms with Gasteiger partial charge in [0, 0.05) is 0 Å². The molecule has 0 saturated heterocycles. The lowest BCUT2D eigenvalue weighted by molar-refractivity contribution is 0.0692. The van der Waals surface area contributed by atoms with Gasteiger partial charge >= 0.3 is 5.97 Å². The van der Waals surface area contributed by atoms with E-state index < -0.39 is 5.97 Å². The summed E-state index contributed by atoms with van der Waals surface area (Å²) in [5.74, 6) is -1.18. The second-order valence-corrected chi connectivity index (χ2v) is 6.74. The maximum atomic E-state index is 11.2. The highest BCUT2D eigenvalue weighted by atomic mass is 16.4. The Hall–Kier alpha value is -1.77. The van der Waals surface area contributed by atoms with Crippen molar-refractivity contribution in [1.29, 1.82) is 0 Å². The highest BCUT2D eigenvalue weighted by Gasteiger charge is 2.14. The van der Waals surface area contributed by atoms with Gasteiger partial charge in [-0.25, -0.2) is 4.79 Å². The average molecular weight is 347 g/mol. The molecule has 25 heavy (non-hydrogen) atoms. The van der Waals surface area contributed by atoms with Gasteiger partial charge in [-0.3, -0.25) is 0 Å². The number of rotatable bonds is 14. The Balaban J connectivity index is 2.05. The Morgan fingerprint density at radius 2 is 1.52 bits per heavy atom. The van der Waals surface area contributed by atoms with Crippen molar-refractivity contribution in [2.24, 2.45) is 0 Å². The Morgan fingerprint density at radius 3 is 2.16 bits per heavy atom. The summed E-state index contributed by atoms with van der Waals surface area (Å²) in [6, 6.07) is 4.96. The fraction of sp³-hybridized carbons (Fsp3) is 0.591. The highest BCUT2D eigenvalue weighted by molar-refractivity contribution is 5.92. The highest BCUT2D eigenvalue weighted by Crippen LogP contribution is 2.23. The van der Waals surface area contributed by atoms with Crippen LogP contribution in [0.1, 0.15) is 93.5 Å². The quantitative estimate of drug-likeness (QED) is 0.298. The maximum absolute atomic E-state index is 11.2. The van der Waals surface area contributed by atoms with Gasteiger partial charge in [-0.05, 0) is 43.7 Å². The monoisotopic (exact) mass is 346 g/mol. The van der Waals surface area contributed by atoms with E-state index in [9.17, 15) is 15.0 Å². The van der Waals surface area contributed by atoms with E-state index in [0.717, 1.165) is 24.8 Å². The molecule has 0 aliphatic rings. The first-order valence-corrected chi connectivity index (χ1v) is 9.86. The molecule has 0 unspecified atom stereocenters. The molecule has 0 fully saturated rings. The van der Waals surface area contributed by atoms with Gasteiger partial charge in [0.1, 0.15) is 11.3 Å². The van der Waals surface area contributed by atoms with Crippen LogP contribution in [0.5, 0.6) is 5.75 Å². The number of carboxylic acids is 1. The lowest BCUT2D eigenvalue weighted by Crippen LogP contribution is -2.03. The zero-order valence-corrected chi connectivity index (χ0v) is 15.7. The van der Waals surface area contributed by atoms with Crippen LogP contribution >= 0.6 is 0 Å². The molecule has 1 aromatic carbocycles. The van der Waals surface area contributed by atoms with Gasteiger partial charge in [0.05, 0.1) is 0 Å². The molecule has 2 N–H and O–H groups in total. The summed E-state index contributed by atoms with van der Waals surface area (Å²) >= 11 is 0. The van der Waals surface area contributed by atoms with Crippen LogP contribution in [0.3, 0.4) is 0 Å². The lowest BCUT2D eigenvalue weighted by Gasteiger charge is -2.07. The Morgan fingerprint density at radius 1 is 0.920 bits per heavy atom. The van der Waals surface area contributed by atoms with E-state index in [1.54, 1.807) is 12.1 Å². The van der Waals surface area contributed by atoms with Gasteiger partial charge in [0.15, 0.2) is 0 Å². The minimum atomic E-state index is -1.04. The number of aryl methyl sites for hydroxylation is 1. The van der Waals surface area contributed by atoms with Crippen molar-refractivity contribution in [2.45, 2.75) is 84.0 Å². The van der Waals surface area contributed by atoms with Crippen LogP contribution in [-0.2, 0) is 6.42 Å². The average Bonchev–Trinajstić information content (AvgIpc) is 2.58. The van der Waals surface area contributed by atoms with Crippen molar-refractivity contribution in [3.63, 3.8) is 0 Å². The van der Waals surface area contributed by atoms with Gasteiger partial charge in [-0.1, -0.05) is 76.2 Å². The molecule has 0 atom stereocenters. The third kappa shape index (κ3) is 9.33. The van der Waals surface area contributed by atoms with Gasteiger partial charge in [-0.15, -0.1) is 0 Å². The predicted molar refractivity (Wildman–Crippen MR) is 104 cm³/mol. The molecule has 1 rings (SSSR count). The summed E-state index contributed by atoms with van der Waals surface area (Å²) in [7, 11) is 0. The van der Waals surface area contributed by atoms with Crippen LogP contribution in [0.25, 0.3) is 0 Å². The van der Waals surface area contributed by atoms with Crippen molar-refractivity contribution in [3.8, 4) is 5.75 Å². The maximum Gasteiger partial charge on any atom is 0.339 e. The molecule has 3 heteroatoms. The summed E-state index contributed by atoms with van der Waals surface area (Å²) in [6.45, 7) is 2.22. The van der Waals surface area contributed by atoms with Crippen molar-refractivity contribution in [1.82, 2.24) is 0 Å². The Bertz CT molecular complexity index is 520. The van der Waals surface area contributed by atoms with Crippen LogP contribution in [0.4, 0.5) is 0 Å².